The lowest BCUT2D eigenvalue weighted by Crippen LogP contribution is -2.54. The Morgan fingerprint density at radius 1 is 1.35 bits per heavy atom. The van der Waals surface area contributed by atoms with E-state index in [0.717, 1.165) is 6.42 Å². The number of nitrogens with zero attached hydrogens (tertiary/aromatic N) is 2. The second-order valence-corrected chi connectivity index (χ2v) is 6.05. The van der Waals surface area contributed by atoms with Crippen LogP contribution < -0.4 is 5.43 Å². The van der Waals surface area contributed by atoms with Crippen molar-refractivity contribution in [1.29, 1.82) is 0 Å². The summed E-state index contributed by atoms with van der Waals surface area (Å²) < 4.78 is 5.88. The van der Waals surface area contributed by atoms with Gasteiger partial charge in [-0.3, -0.25) is 9.59 Å². The van der Waals surface area contributed by atoms with Crippen molar-refractivity contribution in [2.45, 2.75) is 38.3 Å². The second kappa shape index (κ2) is 6.91. The average Bonchev–Trinajstić information content (AvgIpc) is 2.58. The van der Waals surface area contributed by atoms with Crippen molar-refractivity contribution < 1.29 is 14.3 Å². The third-order valence-electron chi connectivity index (χ3n) is 4.22. The maximum atomic E-state index is 12.7. The molecule has 1 aromatic rings. The van der Waals surface area contributed by atoms with Gasteiger partial charge in [0.2, 0.25) is 5.91 Å². The van der Waals surface area contributed by atoms with Gasteiger partial charge < -0.3 is 9.64 Å². The molecule has 2 aliphatic rings. The molecule has 6 nitrogen and oxygen atoms in total. The zero-order chi connectivity index (χ0) is 16.2. The first-order chi connectivity index (χ1) is 11.1. The number of hydrazone groups is 1. The molecule has 2 atom stereocenters. The molecular formula is C17H21N3O3. The SMILES string of the molecule is CC1COC(Cc2ccccc2)CN1C(=O)C1=NNC(=O)CC1. The molecule has 23 heavy (non-hydrogen) atoms. The highest BCUT2D eigenvalue weighted by atomic mass is 16.5. The number of amides is 2. The lowest BCUT2D eigenvalue weighted by atomic mass is 10.0. The van der Waals surface area contributed by atoms with E-state index in [1.165, 1.54) is 5.56 Å². The van der Waals surface area contributed by atoms with E-state index in [1.54, 1.807) is 0 Å². The molecule has 0 aliphatic carbocycles. The fourth-order valence-electron chi connectivity index (χ4n) is 2.89. The van der Waals surface area contributed by atoms with Gasteiger partial charge in [0.25, 0.3) is 5.91 Å². The third-order valence-corrected chi connectivity index (χ3v) is 4.22. The first-order valence-corrected chi connectivity index (χ1v) is 7.95. The molecule has 6 heteroatoms. The fraction of sp³-hybridized carbons (Fsp3) is 0.471. The van der Waals surface area contributed by atoms with Crippen molar-refractivity contribution in [1.82, 2.24) is 10.3 Å². The summed E-state index contributed by atoms with van der Waals surface area (Å²) in [7, 11) is 0. The maximum absolute atomic E-state index is 12.7. The topological polar surface area (TPSA) is 71.0 Å². The molecule has 2 aliphatic heterocycles. The van der Waals surface area contributed by atoms with Crippen LogP contribution in [0.2, 0.25) is 0 Å². The molecule has 1 N–H and O–H groups in total. The predicted molar refractivity (Wildman–Crippen MR) is 85.9 cm³/mol. The molecule has 1 saturated heterocycles. The third kappa shape index (κ3) is 3.76. The van der Waals surface area contributed by atoms with Crippen molar-refractivity contribution >= 4 is 17.5 Å². The quantitative estimate of drug-likeness (QED) is 0.908. The largest absolute Gasteiger partial charge is 0.374 e. The van der Waals surface area contributed by atoms with E-state index in [-0.39, 0.29) is 24.0 Å². The van der Waals surface area contributed by atoms with Gasteiger partial charge in [0.05, 0.1) is 18.8 Å². The summed E-state index contributed by atoms with van der Waals surface area (Å²) in [6.45, 7) is 3.03. The Kier molecular flexibility index (Phi) is 4.71. The zero-order valence-electron chi connectivity index (χ0n) is 13.2. The molecule has 2 amide bonds. The van der Waals surface area contributed by atoms with Gasteiger partial charge in [-0.2, -0.15) is 5.10 Å². The number of ether oxygens (including phenoxy) is 1. The Hall–Kier alpha value is -2.21. The molecule has 0 aromatic heterocycles. The molecular weight excluding hydrogens is 294 g/mol. The molecule has 2 unspecified atom stereocenters. The lowest BCUT2D eigenvalue weighted by Gasteiger charge is -2.38. The summed E-state index contributed by atoms with van der Waals surface area (Å²) in [5.74, 6) is -0.239. The van der Waals surface area contributed by atoms with Crippen LogP contribution in [0.1, 0.15) is 25.3 Å². The normalized spacial score (nSPS) is 24.8. The van der Waals surface area contributed by atoms with Crippen LogP contribution in [-0.2, 0) is 20.7 Å². The van der Waals surface area contributed by atoms with E-state index in [9.17, 15) is 9.59 Å². The summed E-state index contributed by atoms with van der Waals surface area (Å²) in [4.78, 5) is 25.6. The minimum Gasteiger partial charge on any atom is -0.374 e. The van der Waals surface area contributed by atoms with Crippen molar-refractivity contribution in [3.63, 3.8) is 0 Å². The molecule has 0 spiro atoms. The standard InChI is InChI=1S/C17H21N3O3/c1-12-11-23-14(9-13-5-3-2-4-6-13)10-20(12)17(22)15-7-8-16(21)19-18-15/h2-6,12,14H,7-11H2,1H3,(H,19,21). The molecule has 3 rings (SSSR count). The van der Waals surface area contributed by atoms with Crippen LogP contribution in [0.4, 0.5) is 0 Å². The number of carbonyl (C=O) groups is 2. The number of benzene rings is 1. The zero-order valence-corrected chi connectivity index (χ0v) is 13.2. The Labute approximate surface area is 135 Å². The fourth-order valence-corrected chi connectivity index (χ4v) is 2.89. The van der Waals surface area contributed by atoms with Crippen LogP contribution in [0.25, 0.3) is 0 Å². The van der Waals surface area contributed by atoms with Crippen molar-refractivity contribution in [2.24, 2.45) is 5.10 Å². The van der Waals surface area contributed by atoms with E-state index >= 15 is 0 Å². The van der Waals surface area contributed by atoms with Gasteiger partial charge in [-0.15, -0.1) is 0 Å². The van der Waals surface area contributed by atoms with Crippen LogP contribution in [0.15, 0.2) is 35.4 Å². The van der Waals surface area contributed by atoms with E-state index in [4.69, 9.17) is 4.74 Å². The highest BCUT2D eigenvalue weighted by Crippen LogP contribution is 2.17. The number of hydrogen-bond acceptors (Lipinski definition) is 4. The van der Waals surface area contributed by atoms with E-state index in [1.807, 2.05) is 30.0 Å². The second-order valence-electron chi connectivity index (χ2n) is 6.05. The van der Waals surface area contributed by atoms with E-state index in [0.29, 0.717) is 31.7 Å². The van der Waals surface area contributed by atoms with Gasteiger partial charge in [-0.05, 0) is 12.5 Å². The molecule has 0 bridgehead atoms. The number of nitrogens with one attached hydrogen (secondary N) is 1. The van der Waals surface area contributed by atoms with Crippen LogP contribution in [-0.4, -0.2) is 47.7 Å². The average molecular weight is 315 g/mol. The number of hydrogen-bond donors (Lipinski definition) is 1. The first kappa shape index (κ1) is 15.7. The van der Waals surface area contributed by atoms with Crippen molar-refractivity contribution in [3.05, 3.63) is 35.9 Å². The van der Waals surface area contributed by atoms with E-state index in [2.05, 4.69) is 22.7 Å². The summed E-state index contributed by atoms with van der Waals surface area (Å²) in [5, 5.41) is 3.91. The molecule has 122 valence electrons. The predicted octanol–water partition coefficient (Wildman–Crippen LogP) is 1.11. The summed E-state index contributed by atoms with van der Waals surface area (Å²) in [6.07, 6.45) is 1.48. The minimum atomic E-state index is -0.140. The van der Waals surface area contributed by atoms with Gasteiger partial charge in [0.15, 0.2) is 0 Å². The van der Waals surface area contributed by atoms with Crippen LogP contribution >= 0.6 is 0 Å². The molecule has 0 radical (unpaired) electrons. The summed E-state index contributed by atoms with van der Waals surface area (Å²) in [6, 6.07) is 10.1. The molecule has 1 aromatic carbocycles. The molecule has 0 saturated carbocycles. The number of morpholine rings is 1. The molecule has 1 fully saturated rings. The number of carbonyl (C=O) groups excluding carboxylic acids is 2. The van der Waals surface area contributed by atoms with Crippen molar-refractivity contribution in [3.8, 4) is 0 Å². The number of rotatable bonds is 3. The smallest absolute Gasteiger partial charge is 0.270 e. The molecule has 2 heterocycles. The summed E-state index contributed by atoms with van der Waals surface area (Å²) in [5.41, 5.74) is 4.01. The summed E-state index contributed by atoms with van der Waals surface area (Å²) >= 11 is 0. The van der Waals surface area contributed by atoms with Crippen LogP contribution in [0.5, 0.6) is 0 Å². The van der Waals surface area contributed by atoms with E-state index < -0.39 is 0 Å². The van der Waals surface area contributed by atoms with Gasteiger partial charge in [0.1, 0.15) is 5.71 Å². The Bertz CT molecular complexity index is 615. The Morgan fingerprint density at radius 2 is 2.13 bits per heavy atom. The first-order valence-electron chi connectivity index (χ1n) is 7.95. The van der Waals surface area contributed by atoms with Crippen LogP contribution in [0.3, 0.4) is 0 Å². The maximum Gasteiger partial charge on any atom is 0.270 e. The van der Waals surface area contributed by atoms with Gasteiger partial charge >= 0.3 is 0 Å². The van der Waals surface area contributed by atoms with Crippen molar-refractivity contribution in [2.75, 3.05) is 13.2 Å². The minimum absolute atomic E-state index is 0.00912. The lowest BCUT2D eigenvalue weighted by molar-refractivity contribution is -0.137. The van der Waals surface area contributed by atoms with Gasteiger partial charge in [-0.1, -0.05) is 30.3 Å². The Balaban J connectivity index is 1.66. The van der Waals surface area contributed by atoms with Crippen LogP contribution in [0, 0.1) is 0 Å². The highest BCUT2D eigenvalue weighted by molar-refractivity contribution is 6.39. The highest BCUT2D eigenvalue weighted by Gasteiger charge is 2.32. The monoisotopic (exact) mass is 315 g/mol. The Morgan fingerprint density at radius 3 is 2.83 bits per heavy atom. The van der Waals surface area contributed by atoms with Gasteiger partial charge in [0, 0.05) is 25.8 Å². The van der Waals surface area contributed by atoms with Gasteiger partial charge in [-0.25, -0.2) is 5.43 Å².